The van der Waals surface area contributed by atoms with E-state index in [4.69, 9.17) is 0 Å². The van der Waals surface area contributed by atoms with Gasteiger partial charge in [-0.05, 0) is 41.1 Å². The van der Waals surface area contributed by atoms with Gasteiger partial charge in [-0.3, -0.25) is 0 Å². The largest absolute Gasteiger partial charge is 0.509 e. The van der Waals surface area contributed by atoms with Gasteiger partial charge in [0.15, 0.2) is 0 Å². The van der Waals surface area contributed by atoms with Crippen LogP contribution in [0.15, 0.2) is 12.1 Å². The van der Waals surface area contributed by atoms with E-state index in [2.05, 4.69) is 12.6 Å². The lowest BCUT2D eigenvalue weighted by Crippen LogP contribution is -2.37. The Morgan fingerprint density at radius 3 is 2.36 bits per heavy atom. The Morgan fingerprint density at radius 2 is 1.93 bits per heavy atom. The van der Waals surface area contributed by atoms with Gasteiger partial charge in [-0.15, -0.1) is 5.46 Å². The van der Waals surface area contributed by atoms with E-state index in [-0.39, 0.29) is 0 Å². The predicted molar refractivity (Wildman–Crippen MR) is 65.3 cm³/mol. The van der Waals surface area contributed by atoms with Crippen molar-refractivity contribution in [1.82, 2.24) is 0 Å². The summed E-state index contributed by atoms with van der Waals surface area (Å²) in [5.41, 5.74) is 0.419. The summed E-state index contributed by atoms with van der Waals surface area (Å²) in [5.74, 6) is 0.329. The molecule has 0 heterocycles. The van der Waals surface area contributed by atoms with Crippen LogP contribution in [0.2, 0.25) is 0 Å². The van der Waals surface area contributed by atoms with Crippen molar-refractivity contribution in [2.24, 2.45) is 0 Å². The molecule has 0 radical (unpaired) electrons. The van der Waals surface area contributed by atoms with Crippen LogP contribution in [-0.2, 0) is 5.75 Å². The average molecular weight is 331 g/mol. The standard InChI is InChI=1S/C8H8BF3IS/c1-5-7(9(10,11)12)2-6(4-14)3-8(5)13/h2-3,14H,4H2,1H3/q-1. The van der Waals surface area contributed by atoms with Crippen molar-refractivity contribution in [2.45, 2.75) is 12.7 Å². The fourth-order valence-electron chi connectivity index (χ4n) is 1.19. The maximum Gasteiger partial charge on any atom is 0.509 e. The third-order valence-corrected chi connectivity index (χ3v) is 3.47. The van der Waals surface area contributed by atoms with Crippen molar-refractivity contribution in [3.8, 4) is 0 Å². The second-order valence-corrected chi connectivity index (χ2v) is 4.50. The summed E-state index contributed by atoms with van der Waals surface area (Å²) >= 11 is 5.89. The third-order valence-electron chi connectivity index (χ3n) is 1.98. The molecule has 14 heavy (non-hydrogen) atoms. The van der Waals surface area contributed by atoms with Crippen LogP contribution in [0.5, 0.6) is 0 Å². The Bertz CT molecular complexity index is 351. The molecule has 0 spiro atoms. The highest BCUT2D eigenvalue weighted by atomic mass is 127. The van der Waals surface area contributed by atoms with Gasteiger partial charge in [0.25, 0.3) is 0 Å². The molecular formula is C8H8BF3IS-. The van der Waals surface area contributed by atoms with Gasteiger partial charge in [-0.2, -0.15) is 12.6 Å². The summed E-state index contributed by atoms with van der Waals surface area (Å²) in [5, 5.41) is 0. The van der Waals surface area contributed by atoms with Crippen LogP contribution in [0.4, 0.5) is 12.9 Å². The first-order chi connectivity index (χ1) is 6.36. The van der Waals surface area contributed by atoms with Gasteiger partial charge in [-0.1, -0.05) is 11.6 Å². The van der Waals surface area contributed by atoms with E-state index in [9.17, 15) is 12.9 Å². The van der Waals surface area contributed by atoms with E-state index in [0.717, 1.165) is 0 Å². The van der Waals surface area contributed by atoms with Crippen LogP contribution in [0, 0.1) is 10.5 Å². The minimum absolute atomic E-state index is 0.309. The lowest BCUT2D eigenvalue weighted by atomic mass is 9.76. The van der Waals surface area contributed by atoms with Gasteiger partial charge in [-0.25, -0.2) is 0 Å². The van der Waals surface area contributed by atoms with E-state index < -0.39 is 12.4 Å². The number of rotatable bonds is 2. The second-order valence-electron chi connectivity index (χ2n) is 3.02. The molecule has 78 valence electrons. The number of thiol groups is 1. The molecule has 1 rings (SSSR count). The van der Waals surface area contributed by atoms with Crippen LogP contribution in [0.1, 0.15) is 11.1 Å². The summed E-state index contributed by atoms with van der Waals surface area (Å²) < 4.78 is 38.4. The Hall–Kier alpha value is 0.155. The van der Waals surface area contributed by atoms with Crippen LogP contribution in [0.25, 0.3) is 0 Å². The van der Waals surface area contributed by atoms with E-state index in [1.165, 1.54) is 13.0 Å². The van der Waals surface area contributed by atoms with Crippen LogP contribution in [0.3, 0.4) is 0 Å². The van der Waals surface area contributed by atoms with Crippen molar-refractivity contribution in [3.05, 3.63) is 26.8 Å². The smallest absolute Gasteiger partial charge is 0.445 e. The van der Waals surface area contributed by atoms with Crippen molar-refractivity contribution in [1.29, 1.82) is 0 Å². The lowest BCUT2D eigenvalue weighted by molar-refractivity contribution is 0.500. The fraction of sp³-hybridized carbons (Fsp3) is 0.250. The Labute approximate surface area is 99.9 Å². The third kappa shape index (κ3) is 2.59. The molecule has 0 aromatic heterocycles. The zero-order valence-corrected chi connectivity index (χ0v) is 10.5. The van der Waals surface area contributed by atoms with Crippen LogP contribution < -0.4 is 5.46 Å². The summed E-state index contributed by atoms with van der Waals surface area (Å²) in [6.45, 7) is -3.42. The van der Waals surface area contributed by atoms with Crippen molar-refractivity contribution < 1.29 is 12.9 Å². The van der Waals surface area contributed by atoms with Gasteiger partial charge >= 0.3 is 6.98 Å². The first kappa shape index (κ1) is 12.2. The van der Waals surface area contributed by atoms with Gasteiger partial charge < -0.3 is 12.9 Å². The highest BCUT2D eigenvalue weighted by molar-refractivity contribution is 14.1. The first-order valence-electron chi connectivity index (χ1n) is 3.96. The number of hydrogen-bond donors (Lipinski definition) is 1. The molecule has 0 atom stereocenters. The maximum atomic E-state index is 12.6. The molecule has 0 saturated carbocycles. The van der Waals surface area contributed by atoms with Crippen molar-refractivity contribution >= 4 is 47.7 Å². The second kappa shape index (κ2) is 4.34. The number of hydrogen-bond acceptors (Lipinski definition) is 1. The highest BCUT2D eigenvalue weighted by Crippen LogP contribution is 2.19. The number of benzene rings is 1. The van der Waals surface area contributed by atoms with Gasteiger partial charge in [0.2, 0.25) is 0 Å². The quantitative estimate of drug-likeness (QED) is 0.481. The molecule has 0 aliphatic rings. The van der Waals surface area contributed by atoms with E-state index >= 15 is 0 Å². The van der Waals surface area contributed by atoms with E-state index in [1.807, 2.05) is 22.6 Å². The molecule has 0 amide bonds. The maximum absolute atomic E-state index is 12.6. The Morgan fingerprint density at radius 1 is 1.36 bits per heavy atom. The topological polar surface area (TPSA) is 0 Å². The average Bonchev–Trinajstić information content (AvgIpc) is 2.07. The van der Waals surface area contributed by atoms with Crippen LogP contribution in [-0.4, -0.2) is 6.98 Å². The fourth-order valence-corrected chi connectivity index (χ4v) is 2.08. The summed E-state index contributed by atoms with van der Waals surface area (Å²) in [4.78, 5) is 0. The molecule has 0 unspecified atom stereocenters. The monoisotopic (exact) mass is 331 g/mol. The van der Waals surface area contributed by atoms with Crippen molar-refractivity contribution in [3.63, 3.8) is 0 Å². The summed E-state index contributed by atoms with van der Waals surface area (Å²) in [6, 6.07) is 2.92. The zero-order chi connectivity index (χ0) is 10.9. The predicted octanol–water partition coefficient (Wildman–Crippen LogP) is 3.08. The normalized spacial score (nSPS) is 11.9. The van der Waals surface area contributed by atoms with Gasteiger partial charge in [0.05, 0.1) is 0 Å². The Balaban J connectivity index is 3.35. The summed E-state index contributed by atoms with van der Waals surface area (Å²) in [7, 11) is 0. The van der Waals surface area contributed by atoms with Crippen LogP contribution >= 0.6 is 35.2 Å². The minimum atomic E-state index is -4.91. The minimum Gasteiger partial charge on any atom is -0.445 e. The molecule has 0 nitrogen and oxygen atoms in total. The first-order valence-corrected chi connectivity index (χ1v) is 5.67. The SMILES string of the molecule is Cc1c(I)cc(CS)cc1[B-](F)(F)F. The Kier molecular flexibility index (Phi) is 3.79. The molecule has 1 aromatic rings. The molecule has 0 N–H and O–H groups in total. The lowest BCUT2D eigenvalue weighted by Gasteiger charge is -2.20. The summed E-state index contributed by atoms with van der Waals surface area (Å²) in [6.07, 6.45) is 0. The molecule has 1 aromatic carbocycles. The molecule has 0 bridgehead atoms. The molecular weight excluding hydrogens is 323 g/mol. The molecule has 0 aliphatic heterocycles. The van der Waals surface area contributed by atoms with Gasteiger partial charge in [0.1, 0.15) is 0 Å². The zero-order valence-electron chi connectivity index (χ0n) is 7.40. The van der Waals surface area contributed by atoms with E-state index in [1.54, 1.807) is 6.07 Å². The van der Waals surface area contributed by atoms with Gasteiger partial charge in [0, 0.05) is 9.32 Å². The molecule has 0 aliphatic carbocycles. The highest BCUT2D eigenvalue weighted by Gasteiger charge is 2.28. The molecule has 0 saturated heterocycles. The van der Waals surface area contributed by atoms with Crippen molar-refractivity contribution in [2.75, 3.05) is 0 Å². The number of halogens is 4. The molecule has 0 fully saturated rings. The molecule has 6 heteroatoms. The van der Waals surface area contributed by atoms with E-state index in [0.29, 0.717) is 20.4 Å².